The summed E-state index contributed by atoms with van der Waals surface area (Å²) in [6, 6.07) is 8.25. The van der Waals surface area contributed by atoms with Gasteiger partial charge in [-0.3, -0.25) is 4.90 Å². The zero-order valence-electron chi connectivity index (χ0n) is 10.8. The molecule has 3 heterocycles. The van der Waals surface area contributed by atoms with E-state index in [1.807, 2.05) is 23.5 Å². The quantitative estimate of drug-likeness (QED) is 0.930. The van der Waals surface area contributed by atoms with Gasteiger partial charge >= 0.3 is 0 Å². The van der Waals surface area contributed by atoms with Gasteiger partial charge in [0, 0.05) is 37.6 Å². The SMILES string of the molecule is Nc1ccc(N2CCN(Cc3cccs3)CC2)nc1. The maximum atomic E-state index is 5.67. The van der Waals surface area contributed by atoms with Crippen LogP contribution in [-0.4, -0.2) is 36.1 Å². The normalized spacial score (nSPS) is 16.7. The molecule has 4 nitrogen and oxygen atoms in total. The fourth-order valence-electron chi connectivity index (χ4n) is 2.34. The standard InChI is InChI=1S/C14H18N4S/c15-12-3-4-14(16-10-12)18-7-5-17(6-8-18)11-13-2-1-9-19-13/h1-4,9-10H,5-8,11,15H2. The molecule has 2 N–H and O–H groups in total. The number of hydrogen-bond donors (Lipinski definition) is 1. The van der Waals surface area contributed by atoms with Crippen molar-refractivity contribution in [2.24, 2.45) is 0 Å². The van der Waals surface area contributed by atoms with Gasteiger partial charge in [-0.25, -0.2) is 4.98 Å². The summed E-state index contributed by atoms with van der Waals surface area (Å²) in [6.45, 7) is 5.30. The van der Waals surface area contributed by atoms with E-state index in [1.165, 1.54) is 4.88 Å². The number of pyridine rings is 1. The van der Waals surface area contributed by atoms with Gasteiger partial charge in [-0.1, -0.05) is 6.07 Å². The first-order valence-corrected chi connectivity index (χ1v) is 7.40. The third-order valence-corrected chi connectivity index (χ3v) is 4.29. The molecule has 100 valence electrons. The molecule has 3 rings (SSSR count). The number of thiophene rings is 1. The zero-order valence-corrected chi connectivity index (χ0v) is 11.6. The highest BCUT2D eigenvalue weighted by Crippen LogP contribution is 2.17. The van der Waals surface area contributed by atoms with Gasteiger partial charge in [0.2, 0.25) is 0 Å². The smallest absolute Gasteiger partial charge is 0.128 e. The van der Waals surface area contributed by atoms with E-state index in [4.69, 9.17) is 5.73 Å². The lowest BCUT2D eigenvalue weighted by molar-refractivity contribution is 0.251. The van der Waals surface area contributed by atoms with Crippen LogP contribution in [0.25, 0.3) is 0 Å². The molecule has 0 aliphatic carbocycles. The van der Waals surface area contributed by atoms with Crippen molar-refractivity contribution in [2.45, 2.75) is 6.54 Å². The molecule has 0 radical (unpaired) electrons. The van der Waals surface area contributed by atoms with Gasteiger partial charge in [0.15, 0.2) is 0 Å². The average molecular weight is 274 g/mol. The molecule has 0 unspecified atom stereocenters. The van der Waals surface area contributed by atoms with Crippen molar-refractivity contribution in [1.82, 2.24) is 9.88 Å². The lowest BCUT2D eigenvalue weighted by Gasteiger charge is -2.35. The largest absolute Gasteiger partial charge is 0.397 e. The van der Waals surface area contributed by atoms with E-state index in [9.17, 15) is 0 Å². The Morgan fingerprint density at radius 2 is 2.00 bits per heavy atom. The first-order chi connectivity index (χ1) is 9.31. The van der Waals surface area contributed by atoms with Crippen molar-refractivity contribution in [2.75, 3.05) is 36.8 Å². The maximum Gasteiger partial charge on any atom is 0.128 e. The van der Waals surface area contributed by atoms with Crippen LogP contribution >= 0.6 is 11.3 Å². The minimum Gasteiger partial charge on any atom is -0.397 e. The van der Waals surface area contributed by atoms with Crippen molar-refractivity contribution in [3.63, 3.8) is 0 Å². The number of nitrogens with two attached hydrogens (primary N) is 1. The summed E-state index contributed by atoms with van der Waals surface area (Å²) in [5.74, 6) is 1.03. The Balaban J connectivity index is 1.56. The Morgan fingerprint density at radius 1 is 1.16 bits per heavy atom. The van der Waals surface area contributed by atoms with Crippen molar-refractivity contribution >= 4 is 22.8 Å². The molecule has 1 aliphatic rings. The average Bonchev–Trinajstić information content (AvgIpc) is 2.94. The summed E-state index contributed by atoms with van der Waals surface area (Å²) in [7, 11) is 0. The molecule has 0 atom stereocenters. The molecule has 1 saturated heterocycles. The number of aromatic nitrogens is 1. The highest BCUT2D eigenvalue weighted by molar-refractivity contribution is 7.09. The van der Waals surface area contributed by atoms with Gasteiger partial charge < -0.3 is 10.6 Å². The van der Waals surface area contributed by atoms with E-state index in [-0.39, 0.29) is 0 Å². The Morgan fingerprint density at radius 3 is 2.63 bits per heavy atom. The lowest BCUT2D eigenvalue weighted by Crippen LogP contribution is -2.46. The van der Waals surface area contributed by atoms with Gasteiger partial charge in [-0.05, 0) is 23.6 Å². The van der Waals surface area contributed by atoms with E-state index in [1.54, 1.807) is 6.20 Å². The number of hydrogen-bond acceptors (Lipinski definition) is 5. The second-order valence-electron chi connectivity index (χ2n) is 4.79. The summed E-state index contributed by atoms with van der Waals surface area (Å²) in [4.78, 5) is 10.7. The van der Waals surface area contributed by atoms with Crippen LogP contribution in [-0.2, 0) is 6.54 Å². The molecule has 0 amide bonds. The van der Waals surface area contributed by atoms with Crippen LogP contribution in [0, 0.1) is 0 Å². The minimum absolute atomic E-state index is 0.722. The second-order valence-corrected chi connectivity index (χ2v) is 5.82. The summed E-state index contributed by atoms with van der Waals surface area (Å²) < 4.78 is 0. The maximum absolute atomic E-state index is 5.67. The summed E-state index contributed by atoms with van der Waals surface area (Å²) in [5, 5.41) is 2.14. The third-order valence-electron chi connectivity index (χ3n) is 3.43. The van der Waals surface area contributed by atoms with Crippen LogP contribution in [0.15, 0.2) is 35.8 Å². The third kappa shape index (κ3) is 3.05. The zero-order chi connectivity index (χ0) is 13.1. The highest BCUT2D eigenvalue weighted by Gasteiger charge is 2.18. The molecule has 1 fully saturated rings. The molecular formula is C14H18N4S. The number of nitrogen functional groups attached to an aromatic ring is 1. The number of rotatable bonds is 3. The van der Waals surface area contributed by atoms with Crippen LogP contribution < -0.4 is 10.6 Å². The van der Waals surface area contributed by atoms with Crippen LogP contribution in [0.1, 0.15) is 4.88 Å². The van der Waals surface area contributed by atoms with Gasteiger partial charge in [0.1, 0.15) is 5.82 Å². The molecular weight excluding hydrogens is 256 g/mol. The molecule has 19 heavy (non-hydrogen) atoms. The van der Waals surface area contributed by atoms with Crippen molar-refractivity contribution in [3.8, 4) is 0 Å². The Kier molecular flexibility index (Phi) is 3.66. The Bertz CT molecular complexity index is 501. The van der Waals surface area contributed by atoms with Gasteiger partial charge in [0.05, 0.1) is 11.9 Å². The van der Waals surface area contributed by atoms with Crippen molar-refractivity contribution < 1.29 is 0 Å². The molecule has 0 spiro atoms. The van der Waals surface area contributed by atoms with Crippen LogP contribution in [0.3, 0.4) is 0 Å². The predicted octanol–water partition coefficient (Wildman–Crippen LogP) is 2.05. The first-order valence-electron chi connectivity index (χ1n) is 6.52. The Labute approximate surface area is 117 Å². The fraction of sp³-hybridized carbons (Fsp3) is 0.357. The number of nitrogens with zero attached hydrogens (tertiary/aromatic N) is 3. The summed E-state index contributed by atoms with van der Waals surface area (Å²) >= 11 is 1.83. The van der Waals surface area contributed by atoms with Gasteiger partial charge in [0.25, 0.3) is 0 Å². The molecule has 0 bridgehead atoms. The highest BCUT2D eigenvalue weighted by atomic mass is 32.1. The van der Waals surface area contributed by atoms with E-state index >= 15 is 0 Å². The molecule has 2 aromatic heterocycles. The molecule has 5 heteroatoms. The molecule has 0 saturated carbocycles. The van der Waals surface area contributed by atoms with E-state index in [0.717, 1.165) is 44.2 Å². The topological polar surface area (TPSA) is 45.4 Å². The van der Waals surface area contributed by atoms with Crippen molar-refractivity contribution in [3.05, 3.63) is 40.7 Å². The molecule has 2 aromatic rings. The van der Waals surface area contributed by atoms with Gasteiger partial charge in [-0.2, -0.15) is 0 Å². The van der Waals surface area contributed by atoms with Gasteiger partial charge in [-0.15, -0.1) is 11.3 Å². The lowest BCUT2D eigenvalue weighted by atomic mass is 10.3. The predicted molar refractivity (Wildman–Crippen MR) is 80.5 cm³/mol. The molecule has 1 aliphatic heterocycles. The molecule has 0 aromatic carbocycles. The number of piperazine rings is 1. The van der Waals surface area contributed by atoms with E-state index in [0.29, 0.717) is 0 Å². The fourth-order valence-corrected chi connectivity index (χ4v) is 3.09. The number of anilines is 2. The van der Waals surface area contributed by atoms with E-state index < -0.39 is 0 Å². The van der Waals surface area contributed by atoms with Crippen LogP contribution in [0.2, 0.25) is 0 Å². The van der Waals surface area contributed by atoms with Crippen LogP contribution in [0.5, 0.6) is 0 Å². The Hall–Kier alpha value is -1.59. The van der Waals surface area contributed by atoms with Crippen LogP contribution in [0.4, 0.5) is 11.5 Å². The summed E-state index contributed by atoms with van der Waals surface area (Å²) in [5.41, 5.74) is 6.39. The first kappa shape index (κ1) is 12.4. The summed E-state index contributed by atoms with van der Waals surface area (Å²) in [6.07, 6.45) is 1.73. The second kappa shape index (κ2) is 5.59. The van der Waals surface area contributed by atoms with Crippen molar-refractivity contribution in [1.29, 1.82) is 0 Å². The van der Waals surface area contributed by atoms with E-state index in [2.05, 4.69) is 32.3 Å². The monoisotopic (exact) mass is 274 g/mol. The minimum atomic E-state index is 0.722.